The molecule has 0 spiro atoms. The largest absolute Gasteiger partial charge is 0.495 e. The molecule has 0 aliphatic heterocycles. The average Bonchev–Trinajstić information content (AvgIpc) is 2.74. The molecule has 0 aromatic heterocycles. The van der Waals surface area contributed by atoms with Crippen LogP contribution in [-0.2, 0) is 26.2 Å². The lowest BCUT2D eigenvalue weighted by molar-refractivity contribution is -0.139. The summed E-state index contributed by atoms with van der Waals surface area (Å²) in [5.41, 5.74) is 1.03. The summed E-state index contributed by atoms with van der Waals surface area (Å²) in [4.78, 5) is 26.8. The number of benzene rings is 2. The topological polar surface area (TPSA) is 96.0 Å². The Hall–Kier alpha value is -2.78. The second kappa shape index (κ2) is 10.5. The third kappa shape index (κ3) is 6.35. The minimum atomic E-state index is -3.82. The lowest BCUT2D eigenvalue weighted by atomic mass is 10.1. The Morgan fingerprint density at radius 1 is 1.16 bits per heavy atom. The SMILES string of the molecule is CNC(=O)[C@H](C)N(Cc1ccccc1)C(=O)CN(c1ccc(OC)c(Cl)c1)S(C)(=O)=O. The van der Waals surface area contributed by atoms with Gasteiger partial charge in [-0.15, -0.1) is 0 Å². The van der Waals surface area contributed by atoms with Gasteiger partial charge in [0.25, 0.3) is 0 Å². The van der Waals surface area contributed by atoms with Crippen LogP contribution < -0.4 is 14.4 Å². The number of hydrogen-bond donors (Lipinski definition) is 1. The summed E-state index contributed by atoms with van der Waals surface area (Å²) >= 11 is 6.15. The Morgan fingerprint density at radius 2 is 1.81 bits per heavy atom. The van der Waals surface area contributed by atoms with Crippen LogP contribution in [-0.4, -0.2) is 58.1 Å². The highest BCUT2D eigenvalue weighted by atomic mass is 35.5. The van der Waals surface area contributed by atoms with Crippen molar-refractivity contribution in [2.24, 2.45) is 0 Å². The molecule has 0 aliphatic carbocycles. The number of amides is 2. The molecule has 1 atom stereocenters. The molecular weight excluding hydrogens is 442 g/mol. The van der Waals surface area contributed by atoms with Gasteiger partial charge >= 0.3 is 0 Å². The highest BCUT2D eigenvalue weighted by Crippen LogP contribution is 2.30. The van der Waals surface area contributed by atoms with Crippen molar-refractivity contribution in [2.75, 3.05) is 31.3 Å². The van der Waals surface area contributed by atoms with Gasteiger partial charge in [0.15, 0.2) is 0 Å². The summed E-state index contributed by atoms with van der Waals surface area (Å²) in [6.45, 7) is 1.25. The number of carbonyl (C=O) groups is 2. The number of anilines is 1. The first-order chi connectivity index (χ1) is 14.6. The zero-order valence-electron chi connectivity index (χ0n) is 17.8. The van der Waals surface area contributed by atoms with E-state index in [2.05, 4.69) is 5.32 Å². The Labute approximate surface area is 187 Å². The van der Waals surface area contributed by atoms with Crippen molar-refractivity contribution in [2.45, 2.75) is 19.5 Å². The first-order valence-corrected chi connectivity index (χ1v) is 11.7. The van der Waals surface area contributed by atoms with Crippen LogP contribution in [0.15, 0.2) is 48.5 Å². The fraction of sp³-hybridized carbons (Fsp3) is 0.333. The summed E-state index contributed by atoms with van der Waals surface area (Å²) in [6, 6.07) is 12.8. The van der Waals surface area contributed by atoms with E-state index in [1.165, 1.54) is 37.3 Å². The minimum Gasteiger partial charge on any atom is -0.495 e. The van der Waals surface area contributed by atoms with E-state index >= 15 is 0 Å². The molecule has 0 saturated heterocycles. The zero-order valence-corrected chi connectivity index (χ0v) is 19.4. The van der Waals surface area contributed by atoms with Crippen LogP contribution in [0.25, 0.3) is 0 Å². The summed E-state index contributed by atoms with van der Waals surface area (Å²) < 4.78 is 31.0. The molecule has 0 radical (unpaired) electrons. The van der Waals surface area contributed by atoms with Crippen molar-refractivity contribution in [3.05, 3.63) is 59.1 Å². The molecule has 2 amide bonds. The molecule has 0 heterocycles. The maximum Gasteiger partial charge on any atom is 0.244 e. The van der Waals surface area contributed by atoms with E-state index in [1.54, 1.807) is 6.92 Å². The van der Waals surface area contributed by atoms with E-state index in [9.17, 15) is 18.0 Å². The Kier molecular flexibility index (Phi) is 8.29. The van der Waals surface area contributed by atoms with Crippen molar-refractivity contribution in [1.82, 2.24) is 10.2 Å². The smallest absolute Gasteiger partial charge is 0.244 e. The van der Waals surface area contributed by atoms with E-state index in [1.807, 2.05) is 30.3 Å². The number of carbonyl (C=O) groups excluding carboxylic acids is 2. The Balaban J connectivity index is 2.38. The predicted molar refractivity (Wildman–Crippen MR) is 121 cm³/mol. The lowest BCUT2D eigenvalue weighted by Crippen LogP contribution is -2.50. The summed E-state index contributed by atoms with van der Waals surface area (Å²) in [5, 5.41) is 2.73. The average molecular weight is 468 g/mol. The van der Waals surface area contributed by atoms with Gasteiger partial charge in [-0.3, -0.25) is 13.9 Å². The number of halogens is 1. The highest BCUT2D eigenvalue weighted by molar-refractivity contribution is 7.92. The quantitative estimate of drug-likeness (QED) is 0.610. The van der Waals surface area contributed by atoms with E-state index in [-0.39, 0.29) is 23.2 Å². The van der Waals surface area contributed by atoms with Gasteiger partial charge < -0.3 is 15.0 Å². The number of nitrogens with one attached hydrogen (secondary N) is 1. The van der Waals surface area contributed by atoms with Crippen LogP contribution in [0.1, 0.15) is 12.5 Å². The predicted octanol–water partition coefficient (Wildman–Crippen LogP) is 2.28. The standard InChI is InChI=1S/C21H26ClN3O5S/c1-15(21(27)23-2)24(13-16-8-6-5-7-9-16)20(26)14-25(31(4,28)29)17-10-11-19(30-3)18(22)12-17/h5-12,15H,13-14H2,1-4H3,(H,23,27)/t15-/m0/s1. The molecule has 1 N–H and O–H groups in total. The molecule has 0 saturated carbocycles. The van der Waals surface area contributed by atoms with Crippen molar-refractivity contribution in [3.63, 3.8) is 0 Å². The fourth-order valence-corrected chi connectivity index (χ4v) is 4.09. The molecule has 2 aromatic carbocycles. The molecule has 0 fully saturated rings. The number of nitrogens with zero attached hydrogens (tertiary/aromatic N) is 2. The summed E-state index contributed by atoms with van der Waals surface area (Å²) in [5.74, 6) is -0.510. The van der Waals surface area contributed by atoms with E-state index in [0.29, 0.717) is 5.75 Å². The molecule has 0 unspecified atom stereocenters. The zero-order chi connectivity index (χ0) is 23.2. The van der Waals surface area contributed by atoms with Gasteiger partial charge in [0, 0.05) is 13.6 Å². The van der Waals surface area contributed by atoms with E-state index in [4.69, 9.17) is 16.3 Å². The Bertz CT molecular complexity index is 1030. The highest BCUT2D eigenvalue weighted by Gasteiger charge is 2.29. The van der Waals surface area contributed by atoms with Gasteiger partial charge in [-0.2, -0.15) is 0 Å². The molecule has 0 aliphatic rings. The van der Waals surface area contributed by atoms with Crippen LogP contribution in [0.2, 0.25) is 5.02 Å². The molecule has 31 heavy (non-hydrogen) atoms. The molecule has 2 aromatic rings. The maximum atomic E-state index is 13.2. The van der Waals surface area contributed by atoms with Gasteiger partial charge in [-0.1, -0.05) is 41.9 Å². The number of hydrogen-bond acceptors (Lipinski definition) is 5. The second-order valence-electron chi connectivity index (χ2n) is 6.89. The summed E-state index contributed by atoms with van der Waals surface area (Å²) in [6.07, 6.45) is 1.00. The maximum absolute atomic E-state index is 13.2. The number of methoxy groups -OCH3 is 1. The number of likely N-dealkylation sites (N-methyl/N-ethyl adjacent to an activating group) is 1. The second-order valence-corrected chi connectivity index (χ2v) is 9.20. The van der Waals surface area contributed by atoms with Crippen LogP contribution in [0.4, 0.5) is 5.69 Å². The van der Waals surface area contributed by atoms with Crippen LogP contribution in [0, 0.1) is 0 Å². The van der Waals surface area contributed by atoms with Crippen molar-refractivity contribution < 1.29 is 22.7 Å². The monoisotopic (exact) mass is 467 g/mol. The van der Waals surface area contributed by atoms with E-state index in [0.717, 1.165) is 16.1 Å². The van der Waals surface area contributed by atoms with Crippen LogP contribution >= 0.6 is 11.6 Å². The molecular formula is C21H26ClN3O5S. The number of rotatable bonds is 9. The first kappa shape index (κ1) is 24.5. The molecule has 0 bridgehead atoms. The lowest BCUT2D eigenvalue weighted by Gasteiger charge is -2.31. The van der Waals surface area contributed by atoms with Gasteiger partial charge in [0.05, 0.1) is 24.1 Å². The van der Waals surface area contributed by atoms with Crippen molar-refractivity contribution in [1.29, 1.82) is 0 Å². The van der Waals surface area contributed by atoms with Crippen molar-refractivity contribution in [3.8, 4) is 5.75 Å². The van der Waals surface area contributed by atoms with Crippen LogP contribution in [0.3, 0.4) is 0 Å². The molecule has 10 heteroatoms. The van der Waals surface area contributed by atoms with Crippen molar-refractivity contribution >= 4 is 39.1 Å². The Morgan fingerprint density at radius 3 is 2.32 bits per heavy atom. The number of sulfonamides is 1. The van der Waals surface area contributed by atoms with Gasteiger partial charge in [-0.05, 0) is 30.7 Å². The van der Waals surface area contributed by atoms with Gasteiger partial charge in [-0.25, -0.2) is 8.42 Å². The third-order valence-electron chi connectivity index (χ3n) is 4.71. The fourth-order valence-electron chi connectivity index (χ4n) is 3.00. The normalized spacial score (nSPS) is 12.0. The number of ether oxygens (including phenoxy) is 1. The van der Waals surface area contributed by atoms with E-state index < -0.39 is 28.5 Å². The molecule has 168 valence electrons. The third-order valence-corrected chi connectivity index (χ3v) is 6.15. The van der Waals surface area contributed by atoms with Crippen LogP contribution in [0.5, 0.6) is 5.75 Å². The van der Waals surface area contributed by atoms with Gasteiger partial charge in [0.1, 0.15) is 18.3 Å². The first-order valence-electron chi connectivity index (χ1n) is 9.44. The van der Waals surface area contributed by atoms with Gasteiger partial charge in [0.2, 0.25) is 21.8 Å². The minimum absolute atomic E-state index is 0.148. The molecule has 8 nitrogen and oxygen atoms in total. The molecule has 2 rings (SSSR count). The summed E-state index contributed by atoms with van der Waals surface area (Å²) in [7, 11) is -0.898.